The van der Waals surface area contributed by atoms with Crippen molar-refractivity contribution in [3.63, 3.8) is 0 Å². The van der Waals surface area contributed by atoms with Crippen LogP contribution in [0.2, 0.25) is 5.02 Å². The number of nitrogens with one attached hydrogen (secondary N) is 1. The Kier molecular flexibility index (Phi) is 5.99. The highest BCUT2D eigenvalue weighted by molar-refractivity contribution is 6.30. The number of hydrogen-bond donors (Lipinski definition) is 3. The van der Waals surface area contributed by atoms with Gasteiger partial charge in [-0.25, -0.2) is 9.48 Å². The van der Waals surface area contributed by atoms with Gasteiger partial charge in [0.2, 0.25) is 0 Å². The van der Waals surface area contributed by atoms with Crippen molar-refractivity contribution in [1.82, 2.24) is 14.8 Å². The Hall–Kier alpha value is -3.23. The summed E-state index contributed by atoms with van der Waals surface area (Å²) in [5.74, 6) is -1.36. The maximum Gasteiger partial charge on any atom is 0.341 e. The van der Waals surface area contributed by atoms with E-state index < -0.39 is 22.7 Å². The van der Waals surface area contributed by atoms with E-state index in [1.54, 1.807) is 12.1 Å². The van der Waals surface area contributed by atoms with Gasteiger partial charge in [-0.2, -0.15) is 5.10 Å². The smallest absolute Gasteiger partial charge is 0.341 e. The van der Waals surface area contributed by atoms with Crippen molar-refractivity contribution in [1.29, 1.82) is 0 Å². The summed E-state index contributed by atoms with van der Waals surface area (Å²) < 4.78 is 1.23. The lowest BCUT2D eigenvalue weighted by atomic mass is 9.68. The van der Waals surface area contributed by atoms with Gasteiger partial charge in [-0.1, -0.05) is 23.7 Å². The summed E-state index contributed by atoms with van der Waals surface area (Å²) >= 11 is 6.18. The number of rotatable bonds is 5. The Morgan fingerprint density at radius 3 is 2.59 bits per heavy atom. The molecule has 2 aromatic heterocycles. The number of nitrogens with two attached hydrogens (primary N) is 1. The van der Waals surface area contributed by atoms with Crippen LogP contribution in [0.1, 0.15) is 47.6 Å². The molecule has 0 bridgehead atoms. The predicted octanol–water partition coefficient (Wildman–Crippen LogP) is 2.96. The summed E-state index contributed by atoms with van der Waals surface area (Å²) in [5, 5.41) is 14.6. The lowest BCUT2D eigenvalue weighted by Crippen LogP contribution is -2.42. The Balaban J connectivity index is 1.72. The van der Waals surface area contributed by atoms with Crippen LogP contribution in [-0.2, 0) is 5.41 Å². The van der Waals surface area contributed by atoms with Gasteiger partial charge < -0.3 is 15.8 Å². The lowest BCUT2D eigenvalue weighted by Gasteiger charge is -2.40. The van der Waals surface area contributed by atoms with E-state index in [4.69, 9.17) is 17.3 Å². The van der Waals surface area contributed by atoms with E-state index in [1.807, 2.05) is 24.3 Å². The van der Waals surface area contributed by atoms with Crippen LogP contribution < -0.4 is 16.9 Å². The van der Waals surface area contributed by atoms with E-state index in [-0.39, 0.29) is 22.7 Å². The largest absolute Gasteiger partial charge is 0.477 e. The standard InChI is InChI=1S/C23H23ClN4O4/c24-15-4-1-3-14(11-15)23(13-25)8-6-16(7-9-23)28-21(30)18(22(31)32)12-19(27-28)17-5-2-10-26-20(17)29/h1-5,10-12,16H,6-9,13,25H2,(H,26,29)(H,31,32). The van der Waals surface area contributed by atoms with Crippen molar-refractivity contribution in [3.8, 4) is 11.3 Å². The molecular formula is C23H23ClN4O4. The minimum Gasteiger partial charge on any atom is -0.477 e. The SMILES string of the molecule is NCC1(c2cccc(Cl)c2)CCC(n2nc(-c3ccc[nH]c3=O)cc(C(=O)O)c2=O)CC1. The number of nitrogens with zero attached hydrogens (tertiary/aromatic N) is 2. The molecule has 32 heavy (non-hydrogen) atoms. The average Bonchev–Trinajstić information content (AvgIpc) is 2.79. The van der Waals surface area contributed by atoms with Crippen LogP contribution in [0.5, 0.6) is 0 Å². The van der Waals surface area contributed by atoms with Gasteiger partial charge in [0.05, 0.1) is 17.3 Å². The second-order valence-corrected chi connectivity index (χ2v) is 8.57. The van der Waals surface area contributed by atoms with Crippen molar-refractivity contribution < 1.29 is 9.90 Å². The van der Waals surface area contributed by atoms with E-state index >= 15 is 0 Å². The number of aromatic nitrogens is 3. The summed E-state index contributed by atoms with van der Waals surface area (Å²) in [7, 11) is 0. The molecule has 1 aromatic carbocycles. The van der Waals surface area contributed by atoms with E-state index in [2.05, 4.69) is 10.1 Å². The molecular weight excluding hydrogens is 432 g/mol. The molecule has 166 valence electrons. The van der Waals surface area contributed by atoms with Gasteiger partial charge in [0.25, 0.3) is 11.1 Å². The molecule has 1 aliphatic carbocycles. The number of carbonyl (C=O) groups is 1. The fourth-order valence-corrected chi connectivity index (χ4v) is 4.69. The molecule has 0 saturated heterocycles. The fourth-order valence-electron chi connectivity index (χ4n) is 4.50. The normalized spacial score (nSPS) is 20.8. The van der Waals surface area contributed by atoms with E-state index in [9.17, 15) is 19.5 Å². The zero-order valence-electron chi connectivity index (χ0n) is 17.3. The van der Waals surface area contributed by atoms with E-state index in [1.165, 1.54) is 10.9 Å². The zero-order valence-corrected chi connectivity index (χ0v) is 18.0. The third kappa shape index (κ3) is 3.99. The van der Waals surface area contributed by atoms with Crippen LogP contribution in [0.15, 0.2) is 58.3 Å². The first-order valence-electron chi connectivity index (χ1n) is 10.4. The number of benzene rings is 1. The molecule has 8 nitrogen and oxygen atoms in total. The number of carboxylic acids is 1. The molecule has 2 heterocycles. The molecule has 4 N–H and O–H groups in total. The third-order valence-corrected chi connectivity index (χ3v) is 6.58. The van der Waals surface area contributed by atoms with Crippen molar-refractivity contribution >= 4 is 17.6 Å². The molecule has 0 spiro atoms. The van der Waals surface area contributed by atoms with Gasteiger partial charge in [-0.3, -0.25) is 9.59 Å². The molecule has 1 saturated carbocycles. The fraction of sp³-hybridized carbons (Fsp3) is 0.304. The summed E-state index contributed by atoms with van der Waals surface area (Å²) in [5.41, 5.74) is 5.81. The number of aromatic amines is 1. The van der Waals surface area contributed by atoms with Crippen molar-refractivity contribution in [2.24, 2.45) is 5.73 Å². The molecule has 1 fully saturated rings. The minimum absolute atomic E-state index is 0.148. The van der Waals surface area contributed by atoms with Gasteiger partial charge >= 0.3 is 5.97 Å². The average molecular weight is 455 g/mol. The zero-order chi connectivity index (χ0) is 22.9. The topological polar surface area (TPSA) is 131 Å². The first-order chi connectivity index (χ1) is 15.3. The molecule has 3 aromatic rings. The van der Waals surface area contributed by atoms with Gasteiger partial charge in [0, 0.05) is 23.2 Å². The number of carboxylic acid groups (broad SMARTS) is 1. The predicted molar refractivity (Wildman–Crippen MR) is 121 cm³/mol. The van der Waals surface area contributed by atoms with Gasteiger partial charge in [-0.05, 0) is 61.6 Å². The Morgan fingerprint density at radius 1 is 1.22 bits per heavy atom. The maximum atomic E-state index is 12.9. The molecule has 0 unspecified atom stereocenters. The summed E-state index contributed by atoms with van der Waals surface area (Å²) in [6.07, 6.45) is 4.04. The van der Waals surface area contributed by atoms with Crippen LogP contribution >= 0.6 is 11.6 Å². The molecule has 0 aliphatic heterocycles. The lowest BCUT2D eigenvalue weighted by molar-refractivity contribution is 0.0693. The molecule has 9 heteroatoms. The Labute approximate surface area is 188 Å². The molecule has 0 radical (unpaired) electrons. The van der Waals surface area contributed by atoms with E-state index in [0.717, 1.165) is 11.6 Å². The Morgan fingerprint density at radius 2 is 1.97 bits per heavy atom. The van der Waals surface area contributed by atoms with Crippen LogP contribution in [0.25, 0.3) is 11.3 Å². The van der Waals surface area contributed by atoms with Gasteiger partial charge in [-0.15, -0.1) is 0 Å². The second-order valence-electron chi connectivity index (χ2n) is 8.14. The molecule has 0 amide bonds. The van der Waals surface area contributed by atoms with Crippen LogP contribution in [-0.4, -0.2) is 32.4 Å². The second kappa shape index (κ2) is 8.72. The van der Waals surface area contributed by atoms with Crippen LogP contribution in [0.3, 0.4) is 0 Å². The molecule has 1 aliphatic rings. The van der Waals surface area contributed by atoms with E-state index in [0.29, 0.717) is 37.3 Å². The number of aromatic carboxylic acids is 1. The molecule has 4 rings (SSSR count). The Bertz CT molecular complexity index is 1280. The monoisotopic (exact) mass is 454 g/mol. The van der Waals surface area contributed by atoms with Gasteiger partial charge in [0.1, 0.15) is 5.56 Å². The number of halogens is 1. The number of hydrogen-bond acceptors (Lipinski definition) is 5. The summed E-state index contributed by atoms with van der Waals surface area (Å²) in [6.45, 7) is 0.433. The first-order valence-corrected chi connectivity index (χ1v) is 10.7. The number of pyridine rings is 1. The summed E-state index contributed by atoms with van der Waals surface area (Å²) in [4.78, 5) is 39.4. The quantitative estimate of drug-likeness (QED) is 0.543. The van der Waals surface area contributed by atoms with Crippen molar-refractivity contribution in [2.45, 2.75) is 37.1 Å². The third-order valence-electron chi connectivity index (χ3n) is 6.35. The van der Waals surface area contributed by atoms with Crippen LogP contribution in [0, 0.1) is 0 Å². The van der Waals surface area contributed by atoms with Gasteiger partial charge in [0.15, 0.2) is 0 Å². The minimum atomic E-state index is -1.36. The first kappa shape index (κ1) is 22.0. The maximum absolute atomic E-state index is 12.9. The highest BCUT2D eigenvalue weighted by Crippen LogP contribution is 2.42. The van der Waals surface area contributed by atoms with Crippen LogP contribution in [0.4, 0.5) is 0 Å². The highest BCUT2D eigenvalue weighted by atomic mass is 35.5. The van der Waals surface area contributed by atoms with Crippen molar-refractivity contribution in [2.75, 3.05) is 6.54 Å². The highest BCUT2D eigenvalue weighted by Gasteiger charge is 2.37. The molecule has 0 atom stereocenters. The van der Waals surface area contributed by atoms with Crippen molar-refractivity contribution in [3.05, 3.63) is 85.5 Å². The summed E-state index contributed by atoms with van der Waals surface area (Å²) in [6, 6.07) is 11.7. The number of H-pyrrole nitrogens is 1.